The number of allylic oxidation sites excluding steroid dienone is 4. The number of nitrogens with zero attached hydrogens (tertiary/aromatic N) is 1. The first kappa shape index (κ1) is 8.94. The van der Waals surface area contributed by atoms with Crippen LogP contribution in [0.2, 0.25) is 0 Å². The summed E-state index contributed by atoms with van der Waals surface area (Å²) < 4.78 is 10.5. The predicted molar refractivity (Wildman–Crippen MR) is 54.1 cm³/mol. The van der Waals surface area contributed by atoms with Crippen LogP contribution in [0.15, 0.2) is 47.7 Å². The smallest absolute Gasteiger partial charge is 0.160 e. The molecule has 0 aromatic carbocycles. The van der Waals surface area contributed by atoms with Crippen LogP contribution in [-0.4, -0.2) is 25.7 Å². The Morgan fingerprint density at radius 2 is 2.07 bits per heavy atom. The third-order valence-electron chi connectivity index (χ3n) is 2.31. The SMILES string of the molecule is COC1=C(OC)CN2C=CC=CC2=C1. The molecule has 2 aliphatic heterocycles. The van der Waals surface area contributed by atoms with Gasteiger partial charge in [0, 0.05) is 18.0 Å². The van der Waals surface area contributed by atoms with E-state index >= 15 is 0 Å². The highest BCUT2D eigenvalue weighted by molar-refractivity contribution is 5.37. The van der Waals surface area contributed by atoms with Crippen molar-refractivity contribution < 1.29 is 9.47 Å². The fourth-order valence-corrected chi connectivity index (χ4v) is 1.55. The van der Waals surface area contributed by atoms with Crippen molar-refractivity contribution in [2.75, 3.05) is 20.8 Å². The van der Waals surface area contributed by atoms with Crippen molar-refractivity contribution in [2.45, 2.75) is 0 Å². The fourth-order valence-electron chi connectivity index (χ4n) is 1.55. The lowest BCUT2D eigenvalue weighted by Gasteiger charge is -2.28. The van der Waals surface area contributed by atoms with Gasteiger partial charge in [-0.25, -0.2) is 0 Å². The second kappa shape index (κ2) is 3.62. The molecule has 0 radical (unpaired) electrons. The van der Waals surface area contributed by atoms with Gasteiger partial charge in [-0.1, -0.05) is 6.08 Å². The van der Waals surface area contributed by atoms with Crippen molar-refractivity contribution in [3.05, 3.63) is 47.7 Å². The lowest BCUT2D eigenvalue weighted by atomic mass is 10.1. The quantitative estimate of drug-likeness (QED) is 0.664. The summed E-state index contributed by atoms with van der Waals surface area (Å²) in [5.41, 5.74) is 1.13. The highest BCUT2D eigenvalue weighted by Crippen LogP contribution is 2.24. The molecule has 3 heteroatoms. The summed E-state index contributed by atoms with van der Waals surface area (Å²) in [6, 6.07) is 0. The summed E-state index contributed by atoms with van der Waals surface area (Å²) in [6.07, 6.45) is 10.1. The van der Waals surface area contributed by atoms with Crippen LogP contribution in [0.25, 0.3) is 0 Å². The van der Waals surface area contributed by atoms with Crippen molar-refractivity contribution in [3.63, 3.8) is 0 Å². The Kier molecular flexibility index (Phi) is 2.31. The first-order chi connectivity index (χ1) is 6.85. The average molecular weight is 191 g/mol. The summed E-state index contributed by atoms with van der Waals surface area (Å²) in [7, 11) is 3.32. The molecule has 2 aliphatic rings. The molecule has 14 heavy (non-hydrogen) atoms. The minimum Gasteiger partial charge on any atom is -0.495 e. The lowest BCUT2D eigenvalue weighted by Crippen LogP contribution is -2.25. The van der Waals surface area contributed by atoms with E-state index in [1.54, 1.807) is 14.2 Å². The Bertz CT molecular complexity index is 350. The van der Waals surface area contributed by atoms with Crippen LogP contribution < -0.4 is 0 Å². The van der Waals surface area contributed by atoms with Gasteiger partial charge < -0.3 is 14.4 Å². The zero-order valence-corrected chi connectivity index (χ0v) is 8.36. The summed E-state index contributed by atoms with van der Waals surface area (Å²) in [4.78, 5) is 2.11. The molecule has 3 nitrogen and oxygen atoms in total. The molecule has 0 aromatic heterocycles. The molecule has 0 N–H and O–H groups in total. The molecule has 0 fully saturated rings. The number of rotatable bonds is 2. The van der Waals surface area contributed by atoms with Gasteiger partial charge in [0.2, 0.25) is 0 Å². The van der Waals surface area contributed by atoms with Crippen molar-refractivity contribution >= 4 is 0 Å². The third kappa shape index (κ3) is 1.41. The van der Waals surface area contributed by atoms with E-state index in [4.69, 9.17) is 9.47 Å². The monoisotopic (exact) mass is 191 g/mol. The number of methoxy groups -OCH3 is 2. The topological polar surface area (TPSA) is 21.7 Å². The molecule has 0 saturated heterocycles. The molecule has 0 spiro atoms. The minimum atomic E-state index is 0.729. The average Bonchev–Trinajstić information content (AvgIpc) is 2.27. The van der Waals surface area contributed by atoms with Crippen molar-refractivity contribution in [1.82, 2.24) is 4.90 Å². The van der Waals surface area contributed by atoms with E-state index in [-0.39, 0.29) is 0 Å². The molecule has 0 aromatic rings. The second-order valence-corrected chi connectivity index (χ2v) is 3.09. The third-order valence-corrected chi connectivity index (χ3v) is 2.31. The molecule has 2 rings (SSSR count). The van der Waals surface area contributed by atoms with Gasteiger partial charge in [-0.3, -0.25) is 0 Å². The van der Waals surface area contributed by atoms with E-state index in [1.807, 2.05) is 30.5 Å². The van der Waals surface area contributed by atoms with E-state index in [1.165, 1.54) is 0 Å². The van der Waals surface area contributed by atoms with Crippen LogP contribution in [-0.2, 0) is 9.47 Å². The van der Waals surface area contributed by atoms with Crippen molar-refractivity contribution in [1.29, 1.82) is 0 Å². The fraction of sp³-hybridized carbons (Fsp3) is 0.273. The van der Waals surface area contributed by atoms with Crippen LogP contribution in [0.5, 0.6) is 0 Å². The van der Waals surface area contributed by atoms with Crippen molar-refractivity contribution in [2.24, 2.45) is 0 Å². The number of fused-ring (bicyclic) bond motifs is 1. The highest BCUT2D eigenvalue weighted by Gasteiger charge is 2.19. The number of ether oxygens (including phenoxy) is 2. The van der Waals surface area contributed by atoms with Crippen LogP contribution in [0.3, 0.4) is 0 Å². The Morgan fingerprint density at radius 3 is 2.79 bits per heavy atom. The normalized spacial score (nSPS) is 19.3. The molecular formula is C11H13NO2. The van der Waals surface area contributed by atoms with Gasteiger partial charge in [-0.15, -0.1) is 0 Å². The highest BCUT2D eigenvalue weighted by atomic mass is 16.5. The zero-order valence-electron chi connectivity index (χ0n) is 8.36. The van der Waals surface area contributed by atoms with Gasteiger partial charge >= 0.3 is 0 Å². The maximum Gasteiger partial charge on any atom is 0.160 e. The number of hydrogen-bond donors (Lipinski definition) is 0. The summed E-state index contributed by atoms with van der Waals surface area (Å²) in [5.74, 6) is 1.66. The molecule has 0 amide bonds. The van der Waals surface area contributed by atoms with Gasteiger partial charge in [0.25, 0.3) is 0 Å². The second-order valence-electron chi connectivity index (χ2n) is 3.09. The first-order valence-electron chi connectivity index (χ1n) is 4.49. The van der Waals surface area contributed by atoms with Crippen LogP contribution in [0.1, 0.15) is 0 Å². The Labute approximate surface area is 83.6 Å². The Hall–Kier alpha value is -1.64. The summed E-state index contributed by atoms with van der Waals surface area (Å²) >= 11 is 0. The molecule has 2 heterocycles. The summed E-state index contributed by atoms with van der Waals surface area (Å²) in [6.45, 7) is 0.729. The zero-order chi connectivity index (χ0) is 9.97. The lowest BCUT2D eigenvalue weighted by molar-refractivity contribution is 0.203. The summed E-state index contributed by atoms with van der Waals surface area (Å²) in [5, 5.41) is 0. The maximum absolute atomic E-state index is 5.25. The molecule has 0 bridgehead atoms. The van der Waals surface area contributed by atoms with E-state index in [0.717, 1.165) is 23.8 Å². The van der Waals surface area contributed by atoms with E-state index in [2.05, 4.69) is 4.90 Å². The molecular weight excluding hydrogens is 178 g/mol. The largest absolute Gasteiger partial charge is 0.495 e. The van der Waals surface area contributed by atoms with E-state index in [9.17, 15) is 0 Å². The molecule has 0 atom stereocenters. The number of hydrogen-bond acceptors (Lipinski definition) is 3. The standard InChI is InChI=1S/C11H13NO2/c1-13-10-7-9-5-3-4-6-12(9)8-11(10)14-2/h3-7H,8H2,1-2H3. The molecule has 0 saturated carbocycles. The van der Waals surface area contributed by atoms with Crippen molar-refractivity contribution in [3.8, 4) is 0 Å². The molecule has 0 unspecified atom stereocenters. The Morgan fingerprint density at radius 1 is 1.21 bits per heavy atom. The predicted octanol–water partition coefficient (Wildman–Crippen LogP) is 1.77. The first-order valence-corrected chi connectivity index (χ1v) is 4.49. The van der Waals surface area contributed by atoms with Crippen LogP contribution >= 0.6 is 0 Å². The van der Waals surface area contributed by atoms with E-state index in [0.29, 0.717) is 0 Å². The van der Waals surface area contributed by atoms with Crippen LogP contribution in [0.4, 0.5) is 0 Å². The molecule has 0 aliphatic carbocycles. The minimum absolute atomic E-state index is 0.729. The van der Waals surface area contributed by atoms with Gasteiger partial charge in [0.05, 0.1) is 20.8 Å². The van der Waals surface area contributed by atoms with Gasteiger partial charge in [0.1, 0.15) is 0 Å². The maximum atomic E-state index is 5.25. The van der Waals surface area contributed by atoms with Gasteiger partial charge in [-0.05, 0) is 12.2 Å². The molecule has 74 valence electrons. The van der Waals surface area contributed by atoms with Gasteiger partial charge in [-0.2, -0.15) is 0 Å². The van der Waals surface area contributed by atoms with E-state index < -0.39 is 0 Å². The van der Waals surface area contributed by atoms with Gasteiger partial charge in [0.15, 0.2) is 11.5 Å². The Balaban J connectivity index is 2.33. The van der Waals surface area contributed by atoms with Crippen LogP contribution in [0, 0.1) is 0 Å².